The molecule has 0 saturated carbocycles. The third kappa shape index (κ3) is 5.33. The van der Waals surface area contributed by atoms with Gasteiger partial charge in [-0.1, -0.05) is 25.5 Å². The number of hydrogen-bond donors (Lipinski definition) is 1. The minimum Gasteiger partial charge on any atom is -0.324 e. The molecule has 0 amide bonds. The zero-order chi connectivity index (χ0) is 8.69. The summed E-state index contributed by atoms with van der Waals surface area (Å²) in [5.74, 6) is 1.14. The van der Waals surface area contributed by atoms with Gasteiger partial charge < -0.3 is 5.73 Å². The highest BCUT2D eigenvalue weighted by Crippen LogP contribution is 2.10. The van der Waals surface area contributed by atoms with Gasteiger partial charge in [-0.2, -0.15) is 11.8 Å². The second-order valence-electron chi connectivity index (χ2n) is 2.80. The van der Waals surface area contributed by atoms with E-state index in [9.17, 15) is 0 Å². The Labute approximate surface area is 74.4 Å². The molecule has 0 aromatic rings. The number of rotatable bonds is 6. The molecule has 0 aliphatic rings. The highest BCUT2D eigenvalue weighted by atomic mass is 32.2. The number of nitrogens with two attached hydrogens (primary N) is 1. The van der Waals surface area contributed by atoms with Crippen LogP contribution in [0.5, 0.6) is 0 Å². The van der Waals surface area contributed by atoms with Crippen molar-refractivity contribution < 1.29 is 0 Å². The van der Waals surface area contributed by atoms with Crippen molar-refractivity contribution >= 4 is 11.8 Å². The van der Waals surface area contributed by atoms with E-state index in [4.69, 9.17) is 5.73 Å². The van der Waals surface area contributed by atoms with E-state index in [1.54, 1.807) is 0 Å². The smallest absolute Gasteiger partial charge is 0.0258 e. The lowest BCUT2D eigenvalue weighted by Gasteiger charge is -2.12. The van der Waals surface area contributed by atoms with Crippen molar-refractivity contribution in [3.63, 3.8) is 0 Å². The van der Waals surface area contributed by atoms with Gasteiger partial charge in [0.25, 0.3) is 0 Å². The second-order valence-corrected chi connectivity index (χ2v) is 3.78. The lowest BCUT2D eigenvalue weighted by molar-refractivity contribution is 0.700. The van der Waals surface area contributed by atoms with Gasteiger partial charge in [-0.25, -0.2) is 0 Å². The topological polar surface area (TPSA) is 26.0 Å². The first-order chi connectivity index (χ1) is 5.22. The molecule has 2 heteroatoms. The van der Waals surface area contributed by atoms with Crippen LogP contribution >= 0.6 is 11.8 Å². The van der Waals surface area contributed by atoms with Crippen molar-refractivity contribution in [2.75, 3.05) is 12.0 Å². The highest BCUT2D eigenvalue weighted by Gasteiger charge is 2.04. The molecule has 0 saturated heterocycles. The van der Waals surface area contributed by atoms with Crippen LogP contribution in [0.3, 0.4) is 0 Å². The normalized spacial score (nSPS) is 13.0. The maximum Gasteiger partial charge on any atom is 0.0258 e. The average molecular weight is 173 g/mol. The monoisotopic (exact) mass is 173 g/mol. The van der Waals surface area contributed by atoms with E-state index in [2.05, 4.69) is 19.8 Å². The van der Waals surface area contributed by atoms with E-state index in [1.807, 2.05) is 11.8 Å². The Morgan fingerprint density at radius 3 is 2.73 bits per heavy atom. The fraction of sp³-hybridized carbons (Fsp3) is 0.778. The third-order valence-corrected chi connectivity index (χ3v) is 2.37. The van der Waals surface area contributed by atoms with Crippen molar-refractivity contribution in [2.45, 2.75) is 32.2 Å². The number of thioether (sulfide) groups is 1. The van der Waals surface area contributed by atoms with Crippen molar-refractivity contribution in [1.29, 1.82) is 0 Å². The predicted octanol–water partition coefficient (Wildman–Crippen LogP) is 2.42. The van der Waals surface area contributed by atoms with E-state index >= 15 is 0 Å². The Balaban J connectivity index is 3.46. The summed E-state index contributed by atoms with van der Waals surface area (Å²) in [6.07, 6.45) is 5.41. The standard InChI is InChI=1S/C9H19NS/c1-4-5-8(2)9(10)6-7-11-3/h9H,2,4-7,10H2,1,3H3/t9-/m0/s1. The largest absolute Gasteiger partial charge is 0.324 e. The van der Waals surface area contributed by atoms with Gasteiger partial charge in [0.15, 0.2) is 0 Å². The molecule has 0 aliphatic heterocycles. The third-order valence-electron chi connectivity index (χ3n) is 1.73. The SMILES string of the molecule is C=C(CCC)[C@@H](N)CCSC. The Morgan fingerprint density at radius 2 is 2.27 bits per heavy atom. The zero-order valence-corrected chi connectivity index (χ0v) is 8.41. The van der Waals surface area contributed by atoms with Gasteiger partial charge in [0.05, 0.1) is 0 Å². The zero-order valence-electron chi connectivity index (χ0n) is 7.60. The predicted molar refractivity (Wildman–Crippen MR) is 55.0 cm³/mol. The van der Waals surface area contributed by atoms with Crippen LogP contribution in [0.1, 0.15) is 26.2 Å². The number of hydrogen-bond acceptors (Lipinski definition) is 2. The highest BCUT2D eigenvalue weighted by molar-refractivity contribution is 7.98. The maximum atomic E-state index is 5.88. The van der Waals surface area contributed by atoms with Gasteiger partial charge in [-0.15, -0.1) is 0 Å². The van der Waals surface area contributed by atoms with E-state index in [0.717, 1.165) is 25.0 Å². The van der Waals surface area contributed by atoms with Gasteiger partial charge >= 0.3 is 0 Å². The second kappa shape index (κ2) is 6.74. The van der Waals surface area contributed by atoms with Gasteiger partial charge in [0, 0.05) is 6.04 Å². The summed E-state index contributed by atoms with van der Waals surface area (Å²) < 4.78 is 0. The molecule has 0 aliphatic carbocycles. The summed E-state index contributed by atoms with van der Waals surface area (Å²) in [5.41, 5.74) is 7.09. The summed E-state index contributed by atoms with van der Waals surface area (Å²) in [6, 6.07) is 0.224. The first-order valence-corrected chi connectivity index (χ1v) is 5.54. The van der Waals surface area contributed by atoms with Crippen LogP contribution in [0.2, 0.25) is 0 Å². The molecular formula is C9H19NS. The molecule has 1 atom stereocenters. The van der Waals surface area contributed by atoms with E-state index in [1.165, 1.54) is 5.57 Å². The van der Waals surface area contributed by atoms with E-state index in [0.29, 0.717) is 0 Å². The summed E-state index contributed by atoms with van der Waals surface area (Å²) >= 11 is 1.84. The minimum atomic E-state index is 0.224. The lowest BCUT2D eigenvalue weighted by Crippen LogP contribution is -2.22. The van der Waals surface area contributed by atoms with Crippen LogP contribution in [-0.2, 0) is 0 Å². The summed E-state index contributed by atoms with van der Waals surface area (Å²) in [7, 11) is 0. The van der Waals surface area contributed by atoms with Gasteiger partial charge in [-0.3, -0.25) is 0 Å². The van der Waals surface area contributed by atoms with Crippen LogP contribution in [0.15, 0.2) is 12.2 Å². The molecule has 0 radical (unpaired) electrons. The van der Waals surface area contributed by atoms with Crippen LogP contribution in [0.4, 0.5) is 0 Å². The molecule has 0 heterocycles. The molecule has 0 aromatic carbocycles. The first-order valence-electron chi connectivity index (χ1n) is 4.14. The van der Waals surface area contributed by atoms with Gasteiger partial charge in [0.1, 0.15) is 0 Å². The van der Waals surface area contributed by atoms with Crippen LogP contribution < -0.4 is 5.73 Å². The average Bonchev–Trinajstić information content (AvgIpc) is 2.00. The van der Waals surface area contributed by atoms with E-state index < -0.39 is 0 Å². The summed E-state index contributed by atoms with van der Waals surface area (Å²) in [4.78, 5) is 0. The minimum absolute atomic E-state index is 0.224. The lowest BCUT2D eigenvalue weighted by atomic mass is 10.0. The molecule has 0 bridgehead atoms. The first kappa shape index (κ1) is 11.1. The maximum absolute atomic E-state index is 5.88. The van der Waals surface area contributed by atoms with Crippen LogP contribution in [0, 0.1) is 0 Å². The quantitative estimate of drug-likeness (QED) is 0.624. The molecular weight excluding hydrogens is 154 g/mol. The molecule has 11 heavy (non-hydrogen) atoms. The van der Waals surface area contributed by atoms with Gasteiger partial charge in [0.2, 0.25) is 0 Å². The molecule has 0 unspecified atom stereocenters. The molecule has 66 valence electrons. The van der Waals surface area contributed by atoms with Crippen molar-refractivity contribution in [3.8, 4) is 0 Å². The molecule has 0 aromatic heterocycles. The molecule has 0 spiro atoms. The van der Waals surface area contributed by atoms with Crippen LogP contribution in [-0.4, -0.2) is 18.1 Å². The Bertz CT molecular complexity index is 112. The fourth-order valence-electron chi connectivity index (χ4n) is 0.955. The molecule has 1 nitrogen and oxygen atoms in total. The Morgan fingerprint density at radius 1 is 1.64 bits per heavy atom. The Hall–Kier alpha value is 0.0500. The fourth-order valence-corrected chi connectivity index (χ4v) is 1.45. The summed E-state index contributed by atoms with van der Waals surface area (Å²) in [6.45, 7) is 6.12. The van der Waals surface area contributed by atoms with Gasteiger partial charge in [-0.05, 0) is 24.9 Å². The molecule has 2 N–H and O–H groups in total. The molecule has 0 rings (SSSR count). The molecule has 0 fully saturated rings. The Kier molecular flexibility index (Phi) is 6.77. The van der Waals surface area contributed by atoms with Crippen molar-refractivity contribution in [1.82, 2.24) is 0 Å². The van der Waals surface area contributed by atoms with Crippen molar-refractivity contribution in [2.24, 2.45) is 5.73 Å². The van der Waals surface area contributed by atoms with Crippen molar-refractivity contribution in [3.05, 3.63) is 12.2 Å². The van der Waals surface area contributed by atoms with Crippen LogP contribution in [0.25, 0.3) is 0 Å². The summed E-state index contributed by atoms with van der Waals surface area (Å²) in [5, 5.41) is 0. The van der Waals surface area contributed by atoms with E-state index in [-0.39, 0.29) is 6.04 Å².